The second-order valence-corrected chi connectivity index (χ2v) is 8.62. The summed E-state index contributed by atoms with van der Waals surface area (Å²) in [7, 11) is 1.71. The van der Waals surface area contributed by atoms with E-state index in [-0.39, 0.29) is 5.91 Å². The Morgan fingerprint density at radius 1 is 1.00 bits per heavy atom. The first-order valence-electron chi connectivity index (χ1n) is 9.61. The molecule has 0 bridgehead atoms. The third-order valence-electron chi connectivity index (χ3n) is 4.32. The summed E-state index contributed by atoms with van der Waals surface area (Å²) in [5.41, 5.74) is 0.981. The predicted octanol–water partition coefficient (Wildman–Crippen LogP) is 1.82. The molecule has 170 valence electrons. The van der Waals surface area contributed by atoms with Gasteiger partial charge < -0.3 is 24.4 Å². The van der Waals surface area contributed by atoms with Gasteiger partial charge in [0.05, 0.1) is 20.5 Å². The van der Waals surface area contributed by atoms with E-state index in [2.05, 4.69) is 10.0 Å². The molecule has 2 aromatic carbocycles. The molecule has 0 aromatic heterocycles. The van der Waals surface area contributed by atoms with E-state index in [1.165, 1.54) is 7.11 Å². The number of likely N-dealkylation sites (N-methyl/N-ethyl adjacent to an activating group) is 1. The molecule has 0 aliphatic rings. The van der Waals surface area contributed by atoms with Crippen LogP contribution in [0.5, 0.6) is 17.2 Å². The number of anilines is 1. The van der Waals surface area contributed by atoms with Gasteiger partial charge in [-0.3, -0.25) is 9.52 Å². The van der Waals surface area contributed by atoms with E-state index >= 15 is 0 Å². The first-order valence-corrected chi connectivity index (χ1v) is 11.5. The Labute approximate surface area is 183 Å². The molecular weight excluding hydrogens is 422 g/mol. The highest BCUT2D eigenvalue weighted by molar-refractivity contribution is 7.92. The molecule has 0 radical (unpaired) electrons. The number of hydrogen-bond acceptors (Lipinski definition) is 7. The molecular formula is C21H29N3O6S. The van der Waals surface area contributed by atoms with E-state index in [9.17, 15) is 13.2 Å². The number of nitrogens with one attached hydrogen (secondary N) is 2. The number of benzene rings is 2. The lowest BCUT2D eigenvalue weighted by Crippen LogP contribution is -2.34. The van der Waals surface area contributed by atoms with Crippen molar-refractivity contribution in [3.8, 4) is 17.2 Å². The highest BCUT2D eigenvalue weighted by Gasteiger charge is 2.10. The SMILES string of the molecule is COc1ccc(C(=O)NCCN(C)CCOc2ccc(NS(C)(=O)=O)cc2)cc1OC. The maximum Gasteiger partial charge on any atom is 0.251 e. The van der Waals surface area contributed by atoms with E-state index in [0.717, 1.165) is 6.26 Å². The van der Waals surface area contributed by atoms with Crippen LogP contribution in [0.15, 0.2) is 42.5 Å². The van der Waals surface area contributed by atoms with Gasteiger partial charge in [-0.2, -0.15) is 0 Å². The van der Waals surface area contributed by atoms with E-state index < -0.39 is 10.0 Å². The number of ether oxygens (including phenoxy) is 3. The van der Waals surface area contributed by atoms with Crippen LogP contribution >= 0.6 is 0 Å². The molecule has 10 heteroatoms. The van der Waals surface area contributed by atoms with Crippen LogP contribution in [0.3, 0.4) is 0 Å². The van der Waals surface area contributed by atoms with Crippen molar-refractivity contribution in [3.63, 3.8) is 0 Å². The zero-order chi connectivity index (χ0) is 22.9. The van der Waals surface area contributed by atoms with Crippen molar-refractivity contribution in [2.75, 3.05) is 58.5 Å². The van der Waals surface area contributed by atoms with Crippen LogP contribution in [0.4, 0.5) is 5.69 Å². The summed E-state index contributed by atoms with van der Waals surface area (Å²) < 4.78 is 40.9. The van der Waals surface area contributed by atoms with Crippen molar-refractivity contribution < 1.29 is 27.4 Å². The lowest BCUT2D eigenvalue weighted by Gasteiger charge is -2.17. The van der Waals surface area contributed by atoms with Gasteiger partial charge >= 0.3 is 0 Å². The van der Waals surface area contributed by atoms with Gasteiger partial charge in [-0.25, -0.2) is 8.42 Å². The number of rotatable bonds is 12. The van der Waals surface area contributed by atoms with E-state index in [1.807, 2.05) is 11.9 Å². The van der Waals surface area contributed by atoms with Gasteiger partial charge in [0.25, 0.3) is 5.91 Å². The molecule has 1 amide bonds. The van der Waals surface area contributed by atoms with E-state index in [4.69, 9.17) is 14.2 Å². The lowest BCUT2D eigenvalue weighted by atomic mass is 10.2. The average Bonchev–Trinajstić information content (AvgIpc) is 2.73. The second kappa shape index (κ2) is 11.4. The molecule has 0 saturated heterocycles. The fraction of sp³-hybridized carbons (Fsp3) is 0.381. The Kier molecular flexibility index (Phi) is 8.95. The smallest absolute Gasteiger partial charge is 0.251 e. The zero-order valence-corrected chi connectivity index (χ0v) is 19.0. The van der Waals surface area contributed by atoms with Crippen LogP contribution in [0.2, 0.25) is 0 Å². The van der Waals surface area contributed by atoms with Gasteiger partial charge in [0.1, 0.15) is 12.4 Å². The monoisotopic (exact) mass is 451 g/mol. The maximum absolute atomic E-state index is 12.3. The van der Waals surface area contributed by atoms with Gasteiger partial charge in [0.15, 0.2) is 11.5 Å². The van der Waals surface area contributed by atoms with Crippen LogP contribution < -0.4 is 24.2 Å². The first-order chi connectivity index (χ1) is 14.7. The van der Waals surface area contributed by atoms with Gasteiger partial charge in [-0.1, -0.05) is 0 Å². The third-order valence-corrected chi connectivity index (χ3v) is 4.93. The van der Waals surface area contributed by atoms with Crippen LogP contribution in [0.25, 0.3) is 0 Å². The second-order valence-electron chi connectivity index (χ2n) is 6.88. The normalized spacial score (nSPS) is 11.1. The zero-order valence-electron chi connectivity index (χ0n) is 18.2. The molecule has 9 nitrogen and oxygen atoms in total. The quantitative estimate of drug-likeness (QED) is 0.507. The van der Waals surface area contributed by atoms with Crippen molar-refractivity contribution in [3.05, 3.63) is 48.0 Å². The summed E-state index contributed by atoms with van der Waals surface area (Å²) in [6.07, 6.45) is 1.10. The number of carbonyl (C=O) groups excluding carboxylic acids is 1. The summed E-state index contributed by atoms with van der Waals surface area (Å²) >= 11 is 0. The molecule has 0 aliphatic carbocycles. The number of sulfonamides is 1. The van der Waals surface area contributed by atoms with Crippen LogP contribution in [-0.4, -0.2) is 73.0 Å². The largest absolute Gasteiger partial charge is 0.493 e. The van der Waals surface area contributed by atoms with Gasteiger partial charge in [-0.15, -0.1) is 0 Å². The maximum atomic E-state index is 12.3. The van der Waals surface area contributed by atoms with Gasteiger partial charge in [-0.05, 0) is 49.5 Å². The van der Waals surface area contributed by atoms with E-state index in [0.29, 0.717) is 54.7 Å². The number of carbonyl (C=O) groups is 1. The third kappa shape index (κ3) is 8.35. The van der Waals surface area contributed by atoms with Crippen LogP contribution in [0, 0.1) is 0 Å². The standard InChI is InChI=1S/C21H29N3O6S/c1-24(13-14-30-18-8-6-17(7-9-18)23-31(4,26)27)12-11-22-21(25)16-5-10-19(28-2)20(15-16)29-3/h5-10,15,23H,11-14H2,1-4H3,(H,22,25). The Balaban J connectivity index is 1.70. The fourth-order valence-corrected chi connectivity index (χ4v) is 3.27. The highest BCUT2D eigenvalue weighted by Crippen LogP contribution is 2.27. The molecule has 0 atom stereocenters. The lowest BCUT2D eigenvalue weighted by molar-refractivity contribution is 0.0948. The van der Waals surface area contributed by atoms with Gasteiger partial charge in [0.2, 0.25) is 10.0 Å². The van der Waals surface area contributed by atoms with Crippen molar-refractivity contribution in [1.29, 1.82) is 0 Å². The number of methoxy groups -OCH3 is 2. The number of hydrogen-bond donors (Lipinski definition) is 2. The summed E-state index contributed by atoms with van der Waals surface area (Å²) in [5.74, 6) is 1.53. The molecule has 0 fully saturated rings. The minimum Gasteiger partial charge on any atom is -0.493 e. The Bertz CT molecular complexity index is 964. The summed E-state index contributed by atoms with van der Waals surface area (Å²) in [6, 6.07) is 11.7. The minimum atomic E-state index is -3.30. The molecule has 0 aliphatic heterocycles. The molecule has 0 unspecified atom stereocenters. The average molecular weight is 452 g/mol. The summed E-state index contributed by atoms with van der Waals surface area (Å²) in [4.78, 5) is 14.3. The van der Waals surface area contributed by atoms with Crippen molar-refractivity contribution in [2.24, 2.45) is 0 Å². The minimum absolute atomic E-state index is 0.187. The molecule has 2 N–H and O–H groups in total. The highest BCUT2D eigenvalue weighted by atomic mass is 32.2. The first kappa shape index (κ1) is 24.3. The Hall–Kier alpha value is -2.98. The number of nitrogens with zero attached hydrogens (tertiary/aromatic N) is 1. The number of amides is 1. The van der Waals surface area contributed by atoms with Crippen LogP contribution in [0.1, 0.15) is 10.4 Å². The predicted molar refractivity (Wildman–Crippen MR) is 120 cm³/mol. The topological polar surface area (TPSA) is 106 Å². The Morgan fingerprint density at radius 3 is 2.29 bits per heavy atom. The summed E-state index contributed by atoms with van der Waals surface area (Å²) in [6.45, 7) is 2.25. The Morgan fingerprint density at radius 2 is 1.68 bits per heavy atom. The fourth-order valence-electron chi connectivity index (χ4n) is 2.70. The molecule has 2 aromatic rings. The molecule has 0 spiro atoms. The molecule has 31 heavy (non-hydrogen) atoms. The summed E-state index contributed by atoms with van der Waals surface area (Å²) in [5, 5.41) is 2.88. The van der Waals surface area contributed by atoms with Crippen molar-refractivity contribution in [1.82, 2.24) is 10.2 Å². The molecule has 2 rings (SSSR count). The molecule has 0 heterocycles. The van der Waals surface area contributed by atoms with Crippen LogP contribution in [-0.2, 0) is 10.0 Å². The van der Waals surface area contributed by atoms with Gasteiger partial charge in [0, 0.05) is 30.9 Å². The van der Waals surface area contributed by atoms with Crippen molar-refractivity contribution >= 4 is 21.6 Å². The van der Waals surface area contributed by atoms with Crippen molar-refractivity contribution in [2.45, 2.75) is 0 Å². The van der Waals surface area contributed by atoms with E-state index in [1.54, 1.807) is 49.6 Å². The molecule has 0 saturated carbocycles.